The van der Waals surface area contributed by atoms with Gasteiger partial charge < -0.3 is 14.6 Å². The number of methoxy groups -OCH3 is 1. The van der Waals surface area contributed by atoms with E-state index in [4.69, 9.17) is 9.47 Å². The molecule has 3 rings (SSSR count). The van der Waals surface area contributed by atoms with Crippen LogP contribution in [0.4, 0.5) is 10.5 Å². The summed E-state index contributed by atoms with van der Waals surface area (Å²) in [6.45, 7) is 3.32. The molecule has 0 aliphatic carbocycles. The number of aryl methyl sites for hydroxylation is 1. The molecular formula is C23H22N2O7. The Kier molecular flexibility index (Phi) is 6.58. The Hall–Kier alpha value is -4.14. The van der Waals surface area contributed by atoms with Crippen molar-refractivity contribution in [3.05, 3.63) is 59.2 Å². The molecular weight excluding hydrogens is 416 g/mol. The number of carbonyl (C=O) groups excluding carboxylic acids is 3. The second kappa shape index (κ2) is 9.34. The van der Waals surface area contributed by atoms with E-state index < -0.39 is 29.9 Å². The fourth-order valence-electron chi connectivity index (χ4n) is 3.09. The van der Waals surface area contributed by atoms with Crippen LogP contribution in [0.1, 0.15) is 25.0 Å². The highest BCUT2D eigenvalue weighted by Gasteiger charge is 2.37. The molecule has 9 heteroatoms. The normalized spacial score (nSPS) is 16.0. The summed E-state index contributed by atoms with van der Waals surface area (Å²) in [4.78, 5) is 50.1. The molecule has 0 radical (unpaired) electrons. The van der Waals surface area contributed by atoms with Gasteiger partial charge in [0.05, 0.1) is 12.8 Å². The lowest BCUT2D eigenvalue weighted by Crippen LogP contribution is -2.54. The van der Waals surface area contributed by atoms with Crippen LogP contribution in [0.15, 0.2) is 48.0 Å². The third-order valence-corrected chi connectivity index (χ3v) is 4.88. The molecule has 32 heavy (non-hydrogen) atoms. The minimum Gasteiger partial charge on any atom is -0.493 e. The van der Waals surface area contributed by atoms with Crippen LogP contribution in [-0.2, 0) is 20.8 Å². The van der Waals surface area contributed by atoms with Crippen molar-refractivity contribution in [1.82, 2.24) is 5.32 Å². The number of nitrogens with zero attached hydrogens (tertiary/aromatic N) is 1. The van der Waals surface area contributed by atoms with Gasteiger partial charge in [-0.1, -0.05) is 31.2 Å². The smallest absolute Gasteiger partial charge is 0.344 e. The molecule has 166 valence electrons. The molecule has 0 unspecified atom stereocenters. The maximum atomic E-state index is 13.1. The minimum absolute atomic E-state index is 0.0498. The predicted molar refractivity (Wildman–Crippen MR) is 116 cm³/mol. The Morgan fingerprint density at radius 3 is 2.44 bits per heavy atom. The number of rotatable bonds is 7. The molecule has 2 N–H and O–H groups in total. The van der Waals surface area contributed by atoms with Gasteiger partial charge in [-0.25, -0.2) is 14.5 Å². The van der Waals surface area contributed by atoms with Gasteiger partial charge in [-0.3, -0.25) is 14.9 Å². The largest absolute Gasteiger partial charge is 0.493 e. The van der Waals surface area contributed by atoms with Crippen LogP contribution in [0, 0.1) is 0 Å². The van der Waals surface area contributed by atoms with E-state index in [1.807, 2.05) is 6.92 Å². The number of para-hydroxylation sites is 1. The number of nitrogens with one attached hydrogen (secondary N) is 1. The quantitative estimate of drug-likeness (QED) is 0.503. The number of anilines is 1. The third-order valence-electron chi connectivity index (χ3n) is 4.88. The van der Waals surface area contributed by atoms with Gasteiger partial charge in [0, 0.05) is 5.56 Å². The van der Waals surface area contributed by atoms with Crippen molar-refractivity contribution in [3.8, 4) is 11.5 Å². The van der Waals surface area contributed by atoms with Crippen molar-refractivity contribution in [2.45, 2.75) is 26.4 Å². The molecule has 1 heterocycles. The van der Waals surface area contributed by atoms with Crippen LogP contribution in [0.2, 0.25) is 0 Å². The van der Waals surface area contributed by atoms with Gasteiger partial charge in [-0.05, 0) is 43.2 Å². The monoisotopic (exact) mass is 438 g/mol. The van der Waals surface area contributed by atoms with E-state index in [1.165, 1.54) is 26.2 Å². The number of hydrogen-bond acceptors (Lipinski definition) is 6. The number of amides is 4. The number of carboxylic acid groups (broad SMARTS) is 1. The molecule has 0 aromatic heterocycles. The molecule has 0 bridgehead atoms. The van der Waals surface area contributed by atoms with Crippen LogP contribution in [-0.4, -0.2) is 42.1 Å². The van der Waals surface area contributed by atoms with Crippen molar-refractivity contribution in [3.63, 3.8) is 0 Å². The second-order valence-electron chi connectivity index (χ2n) is 6.95. The molecule has 9 nitrogen and oxygen atoms in total. The second-order valence-corrected chi connectivity index (χ2v) is 6.95. The maximum Gasteiger partial charge on any atom is 0.344 e. The van der Waals surface area contributed by atoms with E-state index in [1.54, 1.807) is 36.4 Å². The number of aliphatic carboxylic acids is 1. The summed E-state index contributed by atoms with van der Waals surface area (Å²) in [5.74, 6) is -2.62. The Balaban J connectivity index is 2.05. The summed E-state index contributed by atoms with van der Waals surface area (Å²) in [5, 5.41) is 11.3. The molecule has 2 aromatic rings. The summed E-state index contributed by atoms with van der Waals surface area (Å²) >= 11 is 0. The van der Waals surface area contributed by atoms with E-state index >= 15 is 0 Å². The average molecular weight is 438 g/mol. The third kappa shape index (κ3) is 4.46. The van der Waals surface area contributed by atoms with Crippen molar-refractivity contribution in [1.29, 1.82) is 0 Å². The number of benzene rings is 2. The van der Waals surface area contributed by atoms with E-state index in [0.29, 0.717) is 5.69 Å². The number of carboxylic acids is 1. The number of carbonyl (C=O) groups is 4. The van der Waals surface area contributed by atoms with Gasteiger partial charge >= 0.3 is 12.0 Å². The summed E-state index contributed by atoms with van der Waals surface area (Å²) in [7, 11) is 1.38. The Morgan fingerprint density at radius 2 is 1.84 bits per heavy atom. The first kappa shape index (κ1) is 22.5. The lowest BCUT2D eigenvalue weighted by atomic mass is 10.0. The Labute approximate surface area is 184 Å². The first-order valence-corrected chi connectivity index (χ1v) is 9.83. The standard InChI is InChI=1S/C23H22N2O7/c1-4-14-8-10-16(11-9-14)25-21(27)17(20(26)24-23(25)30)12-15-6-5-7-18(31-3)19(15)32-13(2)22(28)29/h5-13H,4H2,1-3H3,(H,28,29)(H,24,26,30)/b17-12+/t13-/m0/s1. The minimum atomic E-state index is -1.21. The van der Waals surface area contributed by atoms with Gasteiger partial charge in [-0.15, -0.1) is 0 Å². The number of imide groups is 2. The molecule has 1 aliphatic rings. The Morgan fingerprint density at radius 1 is 1.16 bits per heavy atom. The van der Waals surface area contributed by atoms with Gasteiger partial charge in [0.2, 0.25) is 0 Å². The van der Waals surface area contributed by atoms with E-state index in [0.717, 1.165) is 16.9 Å². The van der Waals surface area contributed by atoms with E-state index in [-0.39, 0.29) is 22.6 Å². The SMILES string of the molecule is CCc1ccc(N2C(=O)NC(=O)/C(=C\c3cccc(OC)c3O[C@@H](C)C(=O)O)C2=O)cc1. The van der Waals surface area contributed by atoms with Gasteiger partial charge in [0.25, 0.3) is 11.8 Å². The predicted octanol–water partition coefficient (Wildman–Crippen LogP) is 2.78. The highest BCUT2D eigenvalue weighted by atomic mass is 16.5. The molecule has 4 amide bonds. The van der Waals surface area contributed by atoms with Crippen molar-refractivity contribution in [2.75, 3.05) is 12.0 Å². The van der Waals surface area contributed by atoms with Crippen molar-refractivity contribution >= 4 is 35.6 Å². The maximum absolute atomic E-state index is 13.1. The van der Waals surface area contributed by atoms with Crippen LogP contribution in [0.5, 0.6) is 11.5 Å². The highest BCUT2D eigenvalue weighted by molar-refractivity contribution is 6.39. The van der Waals surface area contributed by atoms with Crippen LogP contribution in [0.25, 0.3) is 6.08 Å². The molecule has 2 aromatic carbocycles. The molecule has 1 fully saturated rings. The number of hydrogen-bond donors (Lipinski definition) is 2. The van der Waals surface area contributed by atoms with Crippen LogP contribution >= 0.6 is 0 Å². The number of urea groups is 1. The zero-order valence-electron chi connectivity index (χ0n) is 17.7. The van der Waals surface area contributed by atoms with Crippen LogP contribution in [0.3, 0.4) is 0 Å². The summed E-state index contributed by atoms with van der Waals surface area (Å²) in [6.07, 6.45) is 0.816. The van der Waals surface area contributed by atoms with Crippen molar-refractivity contribution in [2.24, 2.45) is 0 Å². The van der Waals surface area contributed by atoms with E-state index in [9.17, 15) is 24.3 Å². The molecule has 1 saturated heterocycles. The average Bonchev–Trinajstić information content (AvgIpc) is 2.77. The number of ether oxygens (including phenoxy) is 2. The summed E-state index contributed by atoms with van der Waals surface area (Å²) < 4.78 is 10.7. The topological polar surface area (TPSA) is 122 Å². The highest BCUT2D eigenvalue weighted by Crippen LogP contribution is 2.34. The lowest BCUT2D eigenvalue weighted by Gasteiger charge is -2.26. The van der Waals surface area contributed by atoms with Gasteiger partial charge in [0.15, 0.2) is 17.6 Å². The van der Waals surface area contributed by atoms with Gasteiger partial charge in [-0.2, -0.15) is 0 Å². The number of barbiturate groups is 1. The molecule has 1 aliphatic heterocycles. The first-order valence-electron chi connectivity index (χ1n) is 9.83. The van der Waals surface area contributed by atoms with Gasteiger partial charge in [0.1, 0.15) is 5.57 Å². The molecule has 0 saturated carbocycles. The van der Waals surface area contributed by atoms with Crippen molar-refractivity contribution < 1.29 is 33.8 Å². The molecule has 1 atom stereocenters. The zero-order chi connectivity index (χ0) is 23.4. The first-order chi connectivity index (χ1) is 15.3. The Bertz CT molecular complexity index is 1110. The summed E-state index contributed by atoms with van der Waals surface area (Å²) in [5.41, 5.74) is 1.26. The fourth-order valence-corrected chi connectivity index (χ4v) is 3.09. The van der Waals surface area contributed by atoms with E-state index in [2.05, 4.69) is 5.32 Å². The summed E-state index contributed by atoms with van der Waals surface area (Å²) in [6, 6.07) is 10.7. The zero-order valence-corrected chi connectivity index (χ0v) is 17.7. The molecule has 0 spiro atoms. The van der Waals surface area contributed by atoms with Crippen LogP contribution < -0.4 is 19.7 Å². The fraction of sp³-hybridized carbons (Fsp3) is 0.217. The lowest BCUT2D eigenvalue weighted by molar-refractivity contribution is -0.144.